The van der Waals surface area contributed by atoms with Crippen molar-refractivity contribution in [3.63, 3.8) is 0 Å². The molecule has 0 bridgehead atoms. The van der Waals surface area contributed by atoms with E-state index < -0.39 is 59.4 Å². The Morgan fingerprint density at radius 2 is 1.77 bits per heavy atom. The third kappa shape index (κ3) is 12.0. The summed E-state index contributed by atoms with van der Waals surface area (Å²) in [6.07, 6.45) is 6.11. The average Bonchev–Trinajstić information content (AvgIpc) is 3.80. The van der Waals surface area contributed by atoms with E-state index in [9.17, 15) is 19.2 Å². The second-order valence-electron chi connectivity index (χ2n) is 17.8. The molecule has 12 nitrogen and oxygen atoms in total. The SMILES string of the molecule is CC[CH-][C@@]1(CC)OC(=O)N(CCCCc2cc(-c3ccc(C)cc3)no2)C1[C@@H](C)C(=O)[C@H](C)C[C@](C)(OC)[C@H](OC1OC(C)CC(N(C)C)[C@H]1C)C(C)C(=O)C(C)[C-]=O.[U+2]. The summed E-state index contributed by atoms with van der Waals surface area (Å²) in [5.41, 5.74) is 0.862. The van der Waals surface area contributed by atoms with Gasteiger partial charge in [-0.3, -0.25) is 17.5 Å². The van der Waals surface area contributed by atoms with Gasteiger partial charge in [-0.05, 0) is 67.0 Å². The summed E-state index contributed by atoms with van der Waals surface area (Å²) in [7, 11) is 5.63. The Hall–Kier alpha value is -2.40. The van der Waals surface area contributed by atoms with Crippen LogP contribution in [0.25, 0.3) is 11.3 Å². The zero-order valence-corrected chi connectivity index (χ0v) is 42.6. The predicted molar refractivity (Wildman–Crippen MR) is 227 cm³/mol. The summed E-state index contributed by atoms with van der Waals surface area (Å²) >= 11 is 0. The van der Waals surface area contributed by atoms with Crippen LogP contribution < -0.4 is 0 Å². The number of ether oxygens (including phenoxy) is 4. The third-order valence-corrected chi connectivity index (χ3v) is 13.0. The maximum Gasteiger partial charge on any atom is 2.00 e. The fourth-order valence-corrected chi connectivity index (χ4v) is 9.54. The van der Waals surface area contributed by atoms with E-state index in [0.717, 1.165) is 29.9 Å². The molecule has 332 valence electrons. The minimum atomic E-state index is -1.15. The van der Waals surface area contributed by atoms with Crippen LogP contribution in [0.4, 0.5) is 4.79 Å². The van der Waals surface area contributed by atoms with Crippen LogP contribution in [-0.2, 0) is 39.8 Å². The molecule has 2 aliphatic rings. The van der Waals surface area contributed by atoms with Gasteiger partial charge in [0, 0.05) is 67.0 Å². The quantitative estimate of drug-likeness (QED) is 0.0605. The van der Waals surface area contributed by atoms with E-state index in [1.165, 1.54) is 12.5 Å². The number of aryl methyl sites for hydroxylation is 2. The van der Waals surface area contributed by atoms with Crippen molar-refractivity contribution in [1.29, 1.82) is 0 Å². The number of benzene rings is 1. The summed E-state index contributed by atoms with van der Waals surface area (Å²) in [5.74, 6) is -2.56. The van der Waals surface area contributed by atoms with Crippen molar-refractivity contribution in [2.24, 2.45) is 29.6 Å². The van der Waals surface area contributed by atoms with Gasteiger partial charge in [-0.25, -0.2) is 4.79 Å². The monoisotopic (exact) mass is 1060 g/mol. The smallest absolute Gasteiger partial charge is 0.541 e. The van der Waals surface area contributed by atoms with E-state index in [2.05, 4.69) is 17.0 Å². The van der Waals surface area contributed by atoms with Crippen molar-refractivity contribution in [2.75, 3.05) is 27.7 Å². The molecule has 0 aliphatic carbocycles. The number of carbonyl (C=O) groups excluding carboxylic acids is 4. The Morgan fingerprint density at radius 3 is 2.35 bits per heavy atom. The summed E-state index contributed by atoms with van der Waals surface area (Å²) in [5, 5.41) is 4.26. The molecule has 2 aromatic rings. The molecule has 0 radical (unpaired) electrons. The van der Waals surface area contributed by atoms with Crippen molar-refractivity contribution in [2.45, 2.75) is 156 Å². The van der Waals surface area contributed by atoms with Crippen LogP contribution in [0.5, 0.6) is 0 Å². The molecule has 2 aliphatic heterocycles. The number of amides is 1. The number of unbranched alkanes of at least 4 members (excludes halogenated alkanes) is 1. The predicted octanol–water partition coefficient (Wildman–Crippen LogP) is 8.23. The van der Waals surface area contributed by atoms with E-state index in [4.69, 9.17) is 23.5 Å². The fourth-order valence-electron chi connectivity index (χ4n) is 9.54. The summed E-state index contributed by atoms with van der Waals surface area (Å²) < 4.78 is 31.3. The molecule has 12 atom stereocenters. The molecule has 1 aromatic carbocycles. The molecule has 2 saturated heterocycles. The van der Waals surface area contributed by atoms with Gasteiger partial charge in [0.05, 0.1) is 23.9 Å². The van der Waals surface area contributed by atoms with E-state index in [0.29, 0.717) is 32.2 Å². The van der Waals surface area contributed by atoms with Gasteiger partial charge >= 0.3 is 37.2 Å². The first-order chi connectivity index (χ1) is 27.9. The molecule has 0 N–H and O–H groups in total. The Balaban J connectivity index is 0.00000961. The second-order valence-corrected chi connectivity index (χ2v) is 17.8. The zero-order chi connectivity index (χ0) is 43.8. The molecule has 0 saturated carbocycles. The molecule has 1 amide bonds. The number of aromatic nitrogens is 1. The van der Waals surface area contributed by atoms with Crippen molar-refractivity contribution < 1.29 is 73.8 Å². The summed E-state index contributed by atoms with van der Waals surface area (Å²) in [6, 6.07) is 9.75. The van der Waals surface area contributed by atoms with Crippen molar-refractivity contribution >= 4 is 23.9 Å². The third-order valence-electron chi connectivity index (χ3n) is 13.0. The molecule has 4 rings (SSSR count). The van der Waals surface area contributed by atoms with Crippen LogP contribution in [0.1, 0.15) is 112 Å². The number of ketones is 2. The topological polar surface area (TPSA) is 138 Å². The van der Waals surface area contributed by atoms with Gasteiger partial charge < -0.3 is 42.9 Å². The Bertz CT molecular complexity index is 1700. The van der Waals surface area contributed by atoms with E-state index >= 15 is 0 Å². The van der Waals surface area contributed by atoms with Gasteiger partial charge in [-0.1, -0.05) is 89.4 Å². The van der Waals surface area contributed by atoms with Crippen LogP contribution in [0.15, 0.2) is 34.9 Å². The minimum absolute atomic E-state index is 0. The van der Waals surface area contributed by atoms with E-state index in [-0.39, 0.29) is 67.2 Å². The van der Waals surface area contributed by atoms with Gasteiger partial charge in [0.25, 0.3) is 0 Å². The van der Waals surface area contributed by atoms with Crippen LogP contribution in [-0.4, -0.2) is 108 Å². The van der Waals surface area contributed by atoms with Crippen molar-refractivity contribution in [3.8, 4) is 11.3 Å². The number of rotatable bonds is 23. The van der Waals surface area contributed by atoms with Gasteiger partial charge in [-0.2, -0.15) is 6.42 Å². The van der Waals surface area contributed by atoms with Gasteiger partial charge in [-0.15, -0.1) is 0 Å². The maximum absolute atomic E-state index is 14.7. The second kappa shape index (κ2) is 22.8. The normalized spacial score (nSPS) is 26.7. The number of carbonyl (C=O) groups is 3. The number of cyclic esters (lactones) is 1. The van der Waals surface area contributed by atoms with Gasteiger partial charge in [0.15, 0.2) is 6.29 Å². The summed E-state index contributed by atoms with van der Waals surface area (Å²) in [6.45, 7) is 19.4. The van der Waals surface area contributed by atoms with E-state index in [1.807, 2.05) is 106 Å². The Labute approximate surface area is 383 Å². The standard InChI is InChI=1S/C47H71N3O9.U/c1-14-23-47(15-2)42(50(45(54)58-47)24-17-16-18-37-26-38(48-59-37)36-21-19-29(3)20-22-36)34(8)40(52)30(4)27-46(10,55-13)43(35(9)41(53)31(5)28-51)57-44-33(7)39(49(11)12)25-32(6)56-44;/h19-23,26,30-35,39,42-44H,14-18,24-25,27H2,1-13H3;/q-2;+2/t30-,31?,32?,33-,34+,35?,39?,42?,43-,44?,46+,47-;/m1./s1. The maximum atomic E-state index is 14.7. The van der Waals surface area contributed by atoms with Crippen molar-refractivity contribution in [1.82, 2.24) is 15.0 Å². The zero-order valence-electron chi connectivity index (χ0n) is 38.4. The number of hydrogen-bond acceptors (Lipinski definition) is 11. The molecular weight excluding hydrogens is 989 g/mol. The number of hydrogen-bond donors (Lipinski definition) is 0. The first-order valence-corrected chi connectivity index (χ1v) is 21.7. The Morgan fingerprint density at radius 1 is 1.10 bits per heavy atom. The molecule has 2 fully saturated rings. The molecule has 13 heteroatoms. The van der Waals surface area contributed by atoms with Gasteiger partial charge in [0.1, 0.15) is 23.0 Å². The number of nitrogens with zero attached hydrogens (tertiary/aromatic N) is 3. The number of Topliss-reactive ketones (excluding diaryl/α,β-unsaturated/α-hetero) is 2. The molecule has 60 heavy (non-hydrogen) atoms. The molecule has 6 unspecified atom stereocenters. The van der Waals surface area contributed by atoms with Crippen LogP contribution in [0, 0.1) is 74.0 Å². The van der Waals surface area contributed by atoms with Crippen molar-refractivity contribution in [3.05, 3.63) is 48.1 Å². The Kier molecular flexibility index (Phi) is 19.7. The minimum Gasteiger partial charge on any atom is -0.541 e. The fraction of sp³-hybridized carbons (Fsp3) is 0.702. The first kappa shape index (κ1) is 51.9. The number of methoxy groups -OCH3 is 1. The average molecular weight is 1060 g/mol. The first-order valence-electron chi connectivity index (χ1n) is 21.7. The van der Waals surface area contributed by atoms with Crippen LogP contribution >= 0.6 is 0 Å². The molecule has 3 heterocycles. The van der Waals surface area contributed by atoms with E-state index in [1.54, 1.807) is 18.9 Å². The van der Waals surface area contributed by atoms with Crippen LogP contribution in [0.2, 0.25) is 0 Å². The van der Waals surface area contributed by atoms with Gasteiger partial charge in [0.2, 0.25) is 0 Å². The largest absolute Gasteiger partial charge is 2.00 e. The van der Waals surface area contributed by atoms with Crippen LogP contribution in [0.3, 0.4) is 0 Å². The molecule has 1 aromatic heterocycles. The molecular formula is C47H71N3O9U. The summed E-state index contributed by atoms with van der Waals surface area (Å²) in [4.78, 5) is 57.7. The molecule has 0 spiro atoms.